The summed E-state index contributed by atoms with van der Waals surface area (Å²) in [4.78, 5) is 0. The van der Waals surface area contributed by atoms with E-state index in [1.165, 1.54) is 0 Å². The maximum absolute atomic E-state index is 0. The van der Waals surface area contributed by atoms with Crippen molar-refractivity contribution in [2.75, 3.05) is 0 Å². The largest absolute Gasteiger partial charge is 0 e. The molecule has 0 aliphatic carbocycles. The molecule has 0 atom stereocenters. The molecular formula is Ce3Zr2. The molecule has 0 amide bonds. The van der Waals surface area contributed by atoms with Gasteiger partial charge in [0.15, 0.2) is 0 Å². The van der Waals surface area contributed by atoms with Gasteiger partial charge in [-0.2, -0.15) is 0 Å². The van der Waals surface area contributed by atoms with Gasteiger partial charge in [0.05, 0.1) is 0 Å². The van der Waals surface area contributed by atoms with Gasteiger partial charge in [-0.25, -0.2) is 0 Å². The first-order chi connectivity index (χ1) is 0. The van der Waals surface area contributed by atoms with Gasteiger partial charge in [0, 0.05) is 178 Å². The SMILES string of the molecule is [Ce].[Ce].[Ce].[Zr].[Zr]. The van der Waals surface area contributed by atoms with Gasteiger partial charge in [-0.3, -0.25) is 0 Å². The maximum Gasteiger partial charge on any atom is 0 e. The van der Waals surface area contributed by atoms with Crippen molar-refractivity contribution in [3.05, 3.63) is 0 Å². The summed E-state index contributed by atoms with van der Waals surface area (Å²) < 4.78 is 0. The zero-order valence-electron chi connectivity index (χ0n) is 2.50. The van der Waals surface area contributed by atoms with E-state index in [4.69, 9.17) is 0 Å². The third-order valence-electron chi connectivity index (χ3n) is 0. The van der Waals surface area contributed by atoms with Crippen LogP contribution in [0.15, 0.2) is 0 Å². The summed E-state index contributed by atoms with van der Waals surface area (Å²) in [6.07, 6.45) is 0. The van der Waals surface area contributed by atoms with Crippen molar-refractivity contribution in [1.82, 2.24) is 0 Å². The van der Waals surface area contributed by atoms with Gasteiger partial charge in [0.25, 0.3) is 0 Å². The Kier molecular flexibility index (Phi) is 138. The van der Waals surface area contributed by atoms with Crippen molar-refractivity contribution in [1.29, 1.82) is 0 Å². The van der Waals surface area contributed by atoms with E-state index in [9.17, 15) is 0 Å². The molecule has 0 aromatic rings. The van der Waals surface area contributed by atoms with Crippen molar-refractivity contribution >= 4 is 0 Å². The van der Waals surface area contributed by atoms with Crippen LogP contribution in [0.1, 0.15) is 0 Å². The predicted molar refractivity (Wildman–Crippen MR) is 0 cm³/mol. The summed E-state index contributed by atoms with van der Waals surface area (Å²) in [5.74, 6) is 0. The van der Waals surface area contributed by atoms with Crippen molar-refractivity contribution in [3.63, 3.8) is 0 Å². The second kappa shape index (κ2) is 22.5. The molecule has 0 aromatic carbocycles. The van der Waals surface area contributed by atoms with E-state index in [1.807, 2.05) is 0 Å². The first-order valence-electron chi connectivity index (χ1n) is 0. The zero-order valence-corrected chi connectivity index (χ0v) is 16.8. The van der Waals surface area contributed by atoms with Crippen LogP contribution in [0.25, 0.3) is 0 Å². The molecule has 0 radical (unpaired) electrons. The van der Waals surface area contributed by atoms with Gasteiger partial charge < -0.3 is 0 Å². The van der Waals surface area contributed by atoms with Gasteiger partial charge in [0.2, 0.25) is 0 Å². The molecule has 0 saturated carbocycles. The first-order valence-corrected chi connectivity index (χ1v) is 0. The van der Waals surface area contributed by atoms with Gasteiger partial charge in [-0.1, -0.05) is 0 Å². The van der Waals surface area contributed by atoms with Crippen LogP contribution in [0.3, 0.4) is 0 Å². The van der Waals surface area contributed by atoms with Crippen LogP contribution in [0.4, 0.5) is 0 Å². The second-order valence-electron chi connectivity index (χ2n) is 0. The van der Waals surface area contributed by atoms with E-state index in [0.717, 1.165) is 0 Å². The minimum absolute atomic E-state index is 0. The Morgan fingerprint density at radius 1 is 0.400 bits per heavy atom. The molecule has 0 heterocycles. The van der Waals surface area contributed by atoms with Crippen LogP contribution in [-0.2, 0) is 52.4 Å². The Hall–Kier alpha value is 5.90. The standard InChI is InChI=1S/3Ce.2Zr. The van der Waals surface area contributed by atoms with Gasteiger partial charge >= 0.3 is 0 Å². The van der Waals surface area contributed by atoms with Crippen molar-refractivity contribution in [2.45, 2.75) is 0 Å². The molecule has 0 spiro atoms. The Balaban J connectivity index is 0. The maximum atomic E-state index is 0. The van der Waals surface area contributed by atoms with Crippen LogP contribution in [0.2, 0.25) is 0 Å². The molecule has 0 aliphatic rings. The molecule has 0 unspecified atom stereocenters. The molecule has 5 heteroatoms. The van der Waals surface area contributed by atoms with E-state index in [2.05, 4.69) is 0 Å². The molecule has 0 fully saturated rings. The molecule has 0 aliphatic heterocycles. The number of rotatable bonds is 0. The smallest absolute Gasteiger partial charge is 0 e. The molecule has 0 saturated heterocycles. The van der Waals surface area contributed by atoms with Gasteiger partial charge in [-0.15, -0.1) is 0 Å². The zero-order chi connectivity index (χ0) is 0. The normalized spacial score (nSPS) is 0. The van der Waals surface area contributed by atoms with E-state index < -0.39 is 0 Å². The molecular weight excluding hydrogens is 603 g/mol. The molecule has 0 rings (SSSR count). The van der Waals surface area contributed by atoms with Crippen LogP contribution in [0, 0.1) is 125 Å². The number of hydrogen-bond acceptors (Lipinski definition) is 0. The Morgan fingerprint density at radius 3 is 0.400 bits per heavy atom. The quantitative estimate of drug-likeness (QED) is 0.367. The summed E-state index contributed by atoms with van der Waals surface area (Å²) in [6, 6.07) is 0. The fourth-order valence-corrected chi connectivity index (χ4v) is 0. The van der Waals surface area contributed by atoms with E-state index in [0.29, 0.717) is 0 Å². The van der Waals surface area contributed by atoms with Crippen molar-refractivity contribution in [3.8, 4) is 0 Å². The van der Waals surface area contributed by atoms with Crippen LogP contribution in [-0.4, -0.2) is 0 Å². The third kappa shape index (κ3) is 17.7. The van der Waals surface area contributed by atoms with Gasteiger partial charge in [0.1, 0.15) is 0 Å². The van der Waals surface area contributed by atoms with Gasteiger partial charge in [-0.05, 0) is 0 Å². The Morgan fingerprint density at radius 2 is 0.400 bits per heavy atom. The van der Waals surface area contributed by atoms with Crippen molar-refractivity contribution in [2.24, 2.45) is 0 Å². The summed E-state index contributed by atoms with van der Waals surface area (Å²) in [5.41, 5.74) is 0. The first kappa shape index (κ1) is 30.7. The van der Waals surface area contributed by atoms with E-state index in [-0.39, 0.29) is 178 Å². The third-order valence-corrected chi connectivity index (χ3v) is 0. The van der Waals surface area contributed by atoms with E-state index in [1.54, 1.807) is 0 Å². The van der Waals surface area contributed by atoms with Crippen LogP contribution < -0.4 is 0 Å². The Labute approximate surface area is 172 Å². The minimum atomic E-state index is 0. The molecule has 0 aromatic heterocycles. The van der Waals surface area contributed by atoms with Crippen molar-refractivity contribution < 1.29 is 178 Å². The molecule has 5 heavy (non-hydrogen) atoms. The average Bonchev–Trinajstić information content (AvgIpc) is 0. The fraction of sp³-hybridized carbons (Fsp3) is 0. The summed E-state index contributed by atoms with van der Waals surface area (Å²) >= 11 is 0. The topological polar surface area (TPSA) is 0 Å². The second-order valence-corrected chi connectivity index (χ2v) is 0. The molecule has 0 bridgehead atoms. The monoisotopic (exact) mass is 600 g/mol. The van der Waals surface area contributed by atoms with Crippen LogP contribution >= 0.6 is 0 Å². The summed E-state index contributed by atoms with van der Waals surface area (Å²) in [7, 11) is 0. The molecule has 20 valence electrons. The summed E-state index contributed by atoms with van der Waals surface area (Å²) in [5, 5.41) is 0. The molecule has 0 N–H and O–H groups in total. The van der Waals surface area contributed by atoms with E-state index >= 15 is 0 Å². The average molecular weight is 603 g/mol. The molecule has 0 nitrogen and oxygen atoms in total. The predicted octanol–water partition coefficient (Wildman–Crippen LogP) is -0.00500. The fourth-order valence-electron chi connectivity index (χ4n) is 0. The Bertz CT molecular complexity index is 4.85. The summed E-state index contributed by atoms with van der Waals surface area (Å²) in [6.45, 7) is 0. The van der Waals surface area contributed by atoms with Crippen LogP contribution in [0.5, 0.6) is 0 Å². The minimum Gasteiger partial charge on any atom is 0 e. The number of hydrogen-bond donors (Lipinski definition) is 0.